The van der Waals surface area contributed by atoms with Gasteiger partial charge in [0.1, 0.15) is 0 Å². The van der Waals surface area contributed by atoms with Gasteiger partial charge in [-0.2, -0.15) is 5.26 Å². The van der Waals surface area contributed by atoms with Gasteiger partial charge in [0.05, 0.1) is 11.5 Å². The summed E-state index contributed by atoms with van der Waals surface area (Å²) in [6.07, 6.45) is 1.87. The topological polar surface area (TPSA) is 35.8 Å². The van der Waals surface area contributed by atoms with Crippen molar-refractivity contribution >= 4 is 0 Å². The molecule has 0 aliphatic heterocycles. The highest BCUT2D eigenvalue weighted by molar-refractivity contribution is 4.98. The molecule has 0 aromatic carbocycles. The van der Waals surface area contributed by atoms with Gasteiger partial charge in [-0.3, -0.25) is 0 Å². The van der Waals surface area contributed by atoms with E-state index >= 15 is 0 Å². The van der Waals surface area contributed by atoms with E-state index in [1.165, 1.54) is 0 Å². The number of rotatable bonds is 6. The van der Waals surface area contributed by atoms with Crippen LogP contribution in [0, 0.1) is 22.7 Å². The average molecular weight is 182 g/mol. The second-order valence-corrected chi connectivity index (χ2v) is 4.12. The predicted molar refractivity (Wildman–Crippen MR) is 56.3 cm³/mol. The molecule has 0 saturated carbocycles. The van der Waals surface area contributed by atoms with Gasteiger partial charge in [0.2, 0.25) is 0 Å². The standard InChI is InChI=1S/C11H22N2/c1-5-11(6-2,8-12)9-13-7-10(3)4/h10,13H,5-7,9H2,1-4H3. The number of nitriles is 1. The average Bonchev–Trinajstić information content (AvgIpc) is 2.13. The quantitative estimate of drug-likeness (QED) is 0.685. The smallest absolute Gasteiger partial charge is 0.0702 e. The van der Waals surface area contributed by atoms with Crippen molar-refractivity contribution in [2.75, 3.05) is 13.1 Å². The molecule has 1 N–H and O–H groups in total. The zero-order valence-corrected chi connectivity index (χ0v) is 9.35. The van der Waals surface area contributed by atoms with Crippen LogP contribution in [0.2, 0.25) is 0 Å². The van der Waals surface area contributed by atoms with Crippen molar-refractivity contribution in [2.24, 2.45) is 11.3 Å². The fraction of sp³-hybridized carbons (Fsp3) is 0.909. The molecular weight excluding hydrogens is 160 g/mol. The molecule has 13 heavy (non-hydrogen) atoms. The maximum atomic E-state index is 9.05. The van der Waals surface area contributed by atoms with Crippen molar-refractivity contribution < 1.29 is 0 Å². The van der Waals surface area contributed by atoms with Crippen LogP contribution in [0.4, 0.5) is 0 Å². The van der Waals surface area contributed by atoms with Crippen LogP contribution in [0.15, 0.2) is 0 Å². The Labute approximate surface area is 82.3 Å². The lowest BCUT2D eigenvalue weighted by Gasteiger charge is -2.24. The molecule has 0 aliphatic carbocycles. The summed E-state index contributed by atoms with van der Waals surface area (Å²) in [6.45, 7) is 10.4. The molecule has 0 fully saturated rings. The van der Waals surface area contributed by atoms with E-state index in [9.17, 15) is 0 Å². The third-order valence-corrected chi connectivity index (χ3v) is 2.61. The van der Waals surface area contributed by atoms with Gasteiger partial charge in [0, 0.05) is 6.54 Å². The van der Waals surface area contributed by atoms with E-state index in [1.807, 2.05) is 0 Å². The van der Waals surface area contributed by atoms with Crippen molar-refractivity contribution in [3.63, 3.8) is 0 Å². The maximum absolute atomic E-state index is 9.05. The fourth-order valence-corrected chi connectivity index (χ4v) is 1.30. The van der Waals surface area contributed by atoms with E-state index in [0.717, 1.165) is 25.9 Å². The van der Waals surface area contributed by atoms with Crippen molar-refractivity contribution in [1.82, 2.24) is 5.32 Å². The monoisotopic (exact) mass is 182 g/mol. The van der Waals surface area contributed by atoms with E-state index in [4.69, 9.17) is 5.26 Å². The first-order chi connectivity index (χ1) is 6.10. The molecule has 0 heterocycles. The Morgan fingerprint density at radius 3 is 2.15 bits per heavy atom. The third kappa shape index (κ3) is 4.28. The van der Waals surface area contributed by atoms with E-state index in [1.54, 1.807) is 0 Å². The Bertz CT molecular complexity index is 163. The van der Waals surface area contributed by atoms with Crippen LogP contribution in [-0.2, 0) is 0 Å². The first-order valence-electron chi connectivity index (χ1n) is 5.22. The van der Waals surface area contributed by atoms with Crippen LogP contribution in [0.5, 0.6) is 0 Å². The summed E-state index contributed by atoms with van der Waals surface area (Å²) >= 11 is 0. The van der Waals surface area contributed by atoms with Gasteiger partial charge in [0.25, 0.3) is 0 Å². The van der Waals surface area contributed by atoms with Gasteiger partial charge in [-0.15, -0.1) is 0 Å². The van der Waals surface area contributed by atoms with Crippen molar-refractivity contribution in [2.45, 2.75) is 40.5 Å². The summed E-state index contributed by atoms with van der Waals surface area (Å²) in [7, 11) is 0. The van der Waals surface area contributed by atoms with Gasteiger partial charge in [-0.25, -0.2) is 0 Å². The Balaban J connectivity index is 3.91. The molecule has 0 spiro atoms. The lowest BCUT2D eigenvalue weighted by Crippen LogP contribution is -2.34. The molecule has 0 radical (unpaired) electrons. The van der Waals surface area contributed by atoms with Gasteiger partial charge in [-0.1, -0.05) is 27.7 Å². The van der Waals surface area contributed by atoms with Crippen molar-refractivity contribution in [1.29, 1.82) is 5.26 Å². The first kappa shape index (κ1) is 12.4. The summed E-state index contributed by atoms with van der Waals surface area (Å²) in [5, 5.41) is 12.4. The summed E-state index contributed by atoms with van der Waals surface area (Å²) in [4.78, 5) is 0. The van der Waals surface area contributed by atoms with Gasteiger partial charge in [-0.05, 0) is 25.3 Å². The molecule has 0 bridgehead atoms. The maximum Gasteiger partial charge on any atom is 0.0702 e. The Morgan fingerprint density at radius 1 is 1.31 bits per heavy atom. The highest BCUT2D eigenvalue weighted by Gasteiger charge is 2.24. The summed E-state index contributed by atoms with van der Waals surface area (Å²) < 4.78 is 0. The number of nitrogens with zero attached hydrogens (tertiary/aromatic N) is 1. The molecule has 0 atom stereocenters. The lowest BCUT2D eigenvalue weighted by molar-refractivity contribution is 0.334. The molecule has 0 aromatic rings. The Kier molecular flexibility index (Phi) is 5.73. The molecule has 0 aromatic heterocycles. The fourth-order valence-electron chi connectivity index (χ4n) is 1.30. The van der Waals surface area contributed by atoms with Gasteiger partial charge < -0.3 is 5.32 Å². The summed E-state index contributed by atoms with van der Waals surface area (Å²) in [5.74, 6) is 0.658. The van der Waals surface area contributed by atoms with Crippen LogP contribution in [0.1, 0.15) is 40.5 Å². The zero-order chi connectivity index (χ0) is 10.3. The van der Waals surface area contributed by atoms with E-state index < -0.39 is 0 Å². The molecule has 2 heteroatoms. The normalized spacial score (nSPS) is 11.7. The Hall–Kier alpha value is -0.550. The minimum atomic E-state index is -0.144. The Morgan fingerprint density at radius 2 is 1.85 bits per heavy atom. The lowest BCUT2D eigenvalue weighted by atomic mass is 9.84. The van der Waals surface area contributed by atoms with Crippen molar-refractivity contribution in [3.8, 4) is 6.07 Å². The molecule has 2 nitrogen and oxygen atoms in total. The summed E-state index contributed by atoms with van der Waals surface area (Å²) in [6, 6.07) is 2.43. The molecular formula is C11H22N2. The van der Waals surface area contributed by atoms with Crippen LogP contribution < -0.4 is 5.32 Å². The van der Waals surface area contributed by atoms with Gasteiger partial charge >= 0.3 is 0 Å². The SMILES string of the molecule is CCC(C#N)(CC)CNCC(C)C. The summed E-state index contributed by atoms with van der Waals surface area (Å²) in [5.41, 5.74) is -0.144. The minimum Gasteiger partial charge on any atom is -0.315 e. The molecule has 0 amide bonds. The molecule has 76 valence electrons. The number of hydrogen-bond donors (Lipinski definition) is 1. The van der Waals surface area contributed by atoms with E-state index in [-0.39, 0.29) is 5.41 Å². The van der Waals surface area contributed by atoms with Crippen LogP contribution in [0.25, 0.3) is 0 Å². The van der Waals surface area contributed by atoms with E-state index in [0.29, 0.717) is 5.92 Å². The number of nitrogens with one attached hydrogen (secondary N) is 1. The van der Waals surface area contributed by atoms with Crippen LogP contribution in [-0.4, -0.2) is 13.1 Å². The van der Waals surface area contributed by atoms with Crippen LogP contribution >= 0.6 is 0 Å². The molecule has 0 rings (SSSR count). The molecule has 0 aliphatic rings. The largest absolute Gasteiger partial charge is 0.315 e. The number of hydrogen-bond acceptors (Lipinski definition) is 2. The van der Waals surface area contributed by atoms with Crippen LogP contribution in [0.3, 0.4) is 0 Å². The first-order valence-corrected chi connectivity index (χ1v) is 5.22. The highest BCUT2D eigenvalue weighted by Crippen LogP contribution is 2.23. The van der Waals surface area contributed by atoms with E-state index in [2.05, 4.69) is 39.1 Å². The molecule has 0 saturated heterocycles. The minimum absolute atomic E-state index is 0.144. The second-order valence-electron chi connectivity index (χ2n) is 4.12. The van der Waals surface area contributed by atoms with Gasteiger partial charge in [0.15, 0.2) is 0 Å². The molecule has 0 unspecified atom stereocenters. The predicted octanol–water partition coefficient (Wildman–Crippen LogP) is 2.56. The highest BCUT2D eigenvalue weighted by atomic mass is 14.9. The second kappa shape index (κ2) is 5.99. The van der Waals surface area contributed by atoms with Crippen molar-refractivity contribution in [3.05, 3.63) is 0 Å². The zero-order valence-electron chi connectivity index (χ0n) is 9.35. The third-order valence-electron chi connectivity index (χ3n) is 2.61.